The van der Waals surface area contributed by atoms with Crippen LogP contribution in [-0.2, 0) is 62.4 Å². The van der Waals surface area contributed by atoms with Gasteiger partial charge < -0.3 is 63.3 Å². The van der Waals surface area contributed by atoms with Crippen molar-refractivity contribution in [3.8, 4) is 17.0 Å². The Morgan fingerprint density at radius 3 is 2.25 bits per heavy atom. The van der Waals surface area contributed by atoms with Crippen LogP contribution in [0.2, 0.25) is 0 Å². The Hall–Kier alpha value is -4.19. The second-order valence-corrected chi connectivity index (χ2v) is 23.2. The second kappa shape index (κ2) is 25.5. The number of aryl methyl sites for hydroxylation is 2. The van der Waals surface area contributed by atoms with Crippen LogP contribution in [0.1, 0.15) is 126 Å². The van der Waals surface area contributed by atoms with Gasteiger partial charge in [0.1, 0.15) is 35.4 Å². The number of fused-ring (bicyclic) bond motifs is 2. The third-order valence-electron chi connectivity index (χ3n) is 17.2. The predicted molar refractivity (Wildman–Crippen MR) is 283 cm³/mol. The maximum Gasteiger partial charge on any atom is 0.311 e. The van der Waals surface area contributed by atoms with Crippen molar-refractivity contribution in [1.82, 2.24) is 24.5 Å². The van der Waals surface area contributed by atoms with Gasteiger partial charge in [0, 0.05) is 68.7 Å². The van der Waals surface area contributed by atoms with Crippen LogP contribution in [0.4, 0.5) is 0 Å². The number of pyridine rings is 1. The molecule has 4 saturated heterocycles. The number of hydrogen-bond acceptors (Lipinski definition) is 18. The summed E-state index contributed by atoms with van der Waals surface area (Å²) in [5.74, 6) is -4.82. The van der Waals surface area contributed by atoms with Crippen LogP contribution in [0.5, 0.6) is 5.75 Å². The molecule has 0 amide bonds. The molecule has 3 aromatic rings. The summed E-state index contributed by atoms with van der Waals surface area (Å²) in [4.78, 5) is 42.9. The number of methoxy groups -OCH3 is 1. The number of aromatic hydroxyl groups is 1. The summed E-state index contributed by atoms with van der Waals surface area (Å²) in [6.07, 6.45) is -0.883. The SMILES string of the molecule is CC[C@H]1OC(=O)[C@H](C)[C@@H](O[C@H]2C[C@@](C)(OC)[C@@H](O)[C@H](C)O2)[C@H](C)[C@@H](O[C@@H]2O[C@H](C)C[C@H](N(C)Cc3ccc(-c4cn(CCCCCCCn5cccc(O)c5=O)nn4)cc3)[C@H]2O)[C@@]2(C)C[C@@H](CO2)C(=O)[C@H](C)[C@@H](O)[C@]1(C)O. The average Bonchev–Trinajstić information content (AvgIpc) is 4.06. The summed E-state index contributed by atoms with van der Waals surface area (Å²) in [6, 6.07) is 10.7. The summed E-state index contributed by atoms with van der Waals surface area (Å²) in [5, 5.41) is 65.3. The molecule has 0 aliphatic carbocycles. The van der Waals surface area contributed by atoms with Gasteiger partial charge in [-0.1, -0.05) is 69.5 Å². The zero-order valence-corrected chi connectivity index (χ0v) is 47.0. The molecule has 18 atom stereocenters. The van der Waals surface area contributed by atoms with Crippen LogP contribution in [0, 0.1) is 23.7 Å². The second-order valence-electron chi connectivity index (χ2n) is 23.2. The van der Waals surface area contributed by atoms with Gasteiger partial charge in [-0.3, -0.25) is 24.0 Å². The number of hydrogen-bond donors (Lipinski definition) is 5. The number of esters is 1. The zero-order valence-electron chi connectivity index (χ0n) is 47.0. The van der Waals surface area contributed by atoms with E-state index < -0.39 is 108 Å². The highest BCUT2D eigenvalue weighted by molar-refractivity contribution is 5.84. The number of cyclic esters (lactones) is 1. The summed E-state index contributed by atoms with van der Waals surface area (Å²) in [7, 11) is 3.45. The molecule has 430 valence electrons. The number of benzene rings is 1. The van der Waals surface area contributed by atoms with Crippen molar-refractivity contribution in [2.75, 3.05) is 20.8 Å². The van der Waals surface area contributed by atoms with E-state index in [2.05, 4.69) is 15.2 Å². The molecule has 20 heteroatoms. The van der Waals surface area contributed by atoms with Crippen molar-refractivity contribution in [3.63, 3.8) is 0 Å². The van der Waals surface area contributed by atoms with E-state index in [4.69, 9.17) is 33.2 Å². The molecular formula is C57H87N5O15. The molecule has 4 aliphatic heterocycles. The third-order valence-corrected chi connectivity index (χ3v) is 17.2. The number of rotatable bonds is 18. The number of aromatic nitrogens is 4. The Morgan fingerprint density at radius 2 is 1.56 bits per heavy atom. The topological polar surface area (TPSA) is 256 Å². The maximum absolute atomic E-state index is 14.5. The molecule has 0 saturated carbocycles. The number of likely N-dealkylation sites (N-methyl/N-ethyl adjacent to an activating group) is 1. The van der Waals surface area contributed by atoms with E-state index >= 15 is 0 Å². The summed E-state index contributed by atoms with van der Waals surface area (Å²) in [5.41, 5.74) is -1.96. The molecule has 4 aliphatic rings. The standard InChI is InChI=1S/C57H87N5O15/c1-12-44-57(9,70)49(66)34(3)46(64)40-28-56(8,72-32-40)51(35(4)48(36(5)53(69)75-44)76-45-29-55(7,71-11)50(67)37(6)74-45)77-54-47(65)42(27-33(2)73-54)60(10)30-38-20-22-39(23-21-38)41-31-62(59-58-41)26-17-15-13-14-16-24-61-25-18-19-43(63)52(61)68/h18-23,25,31,33-37,40,42,44-45,47-51,54,63,65-67,70H,12-17,24,26-30,32H2,1-11H3/t33-,34+,35+,36-,37+,40+,42+,44-,45+,47-,48+,49-,50+,51-,54+,55-,56-,57-/m1/s1. The van der Waals surface area contributed by atoms with Gasteiger partial charge in [0.05, 0.1) is 60.4 Å². The Labute approximate surface area is 453 Å². The van der Waals surface area contributed by atoms with Gasteiger partial charge >= 0.3 is 5.97 Å². The first-order valence-corrected chi connectivity index (χ1v) is 27.8. The number of unbranched alkanes of at least 4 members (excludes halogenated alkanes) is 4. The van der Waals surface area contributed by atoms with E-state index in [-0.39, 0.29) is 49.1 Å². The van der Waals surface area contributed by atoms with Crippen LogP contribution in [0.15, 0.2) is 53.6 Å². The Morgan fingerprint density at radius 1 is 0.870 bits per heavy atom. The highest BCUT2D eigenvalue weighted by Crippen LogP contribution is 2.45. The molecule has 5 N–H and O–H groups in total. The number of ketones is 1. The first kappa shape index (κ1) is 60.5. The minimum atomic E-state index is -1.99. The van der Waals surface area contributed by atoms with E-state index in [0.717, 1.165) is 55.5 Å². The van der Waals surface area contributed by atoms with Gasteiger partial charge in [0.25, 0.3) is 5.56 Å². The smallest absolute Gasteiger partial charge is 0.311 e. The van der Waals surface area contributed by atoms with Crippen molar-refractivity contribution < 1.29 is 68.3 Å². The predicted octanol–water partition coefficient (Wildman–Crippen LogP) is 5.15. The van der Waals surface area contributed by atoms with E-state index in [9.17, 15) is 39.9 Å². The fourth-order valence-electron chi connectivity index (χ4n) is 12.2. The Kier molecular flexibility index (Phi) is 20.0. The molecule has 77 heavy (non-hydrogen) atoms. The quantitative estimate of drug-likeness (QED) is 0.0815. The lowest BCUT2D eigenvalue weighted by molar-refractivity contribution is -0.317. The molecular weight excluding hydrogens is 995 g/mol. The Balaban J connectivity index is 1.05. The number of aliphatic hydroxyl groups is 4. The maximum atomic E-state index is 14.5. The van der Waals surface area contributed by atoms with Crippen LogP contribution >= 0.6 is 0 Å². The van der Waals surface area contributed by atoms with Crippen LogP contribution in [0.25, 0.3) is 11.3 Å². The molecule has 2 bridgehead atoms. The van der Waals surface area contributed by atoms with E-state index in [0.29, 0.717) is 19.5 Å². The summed E-state index contributed by atoms with van der Waals surface area (Å²) < 4.78 is 48.5. The van der Waals surface area contributed by atoms with Gasteiger partial charge in [-0.05, 0) is 98.4 Å². The molecule has 4 fully saturated rings. The van der Waals surface area contributed by atoms with E-state index in [1.165, 1.54) is 20.1 Å². The Bertz CT molecular complexity index is 2470. The van der Waals surface area contributed by atoms with Gasteiger partial charge in [-0.2, -0.15) is 0 Å². The third kappa shape index (κ3) is 13.7. The number of carbonyl (C=O) groups excluding carboxylic acids is 2. The number of aliphatic hydroxyl groups excluding tert-OH is 3. The zero-order chi connectivity index (χ0) is 56.1. The number of carbonyl (C=O) groups is 2. The first-order valence-electron chi connectivity index (χ1n) is 27.8. The fraction of sp³-hybridized carbons (Fsp3) is 0.737. The van der Waals surface area contributed by atoms with Crippen molar-refractivity contribution in [1.29, 1.82) is 0 Å². The normalized spacial score (nSPS) is 37.4. The van der Waals surface area contributed by atoms with Crippen molar-refractivity contribution in [3.05, 3.63) is 64.7 Å². The molecule has 20 nitrogen and oxygen atoms in total. The highest BCUT2D eigenvalue weighted by Gasteiger charge is 2.56. The van der Waals surface area contributed by atoms with Gasteiger partial charge in [0.15, 0.2) is 18.3 Å². The van der Waals surface area contributed by atoms with Gasteiger partial charge in [-0.15, -0.1) is 5.10 Å². The average molecular weight is 1080 g/mol. The minimum absolute atomic E-state index is 0.00750. The first-order chi connectivity index (χ1) is 36.4. The van der Waals surface area contributed by atoms with Crippen LogP contribution in [0.3, 0.4) is 0 Å². The number of ether oxygens (including phenoxy) is 7. The summed E-state index contributed by atoms with van der Waals surface area (Å²) >= 11 is 0. The van der Waals surface area contributed by atoms with Crippen molar-refractivity contribution >= 4 is 11.8 Å². The largest absolute Gasteiger partial charge is 0.503 e. The molecule has 2 aromatic heterocycles. The fourth-order valence-corrected chi connectivity index (χ4v) is 12.2. The lowest BCUT2D eigenvalue weighted by Gasteiger charge is -2.49. The minimum Gasteiger partial charge on any atom is -0.503 e. The lowest BCUT2D eigenvalue weighted by atomic mass is 9.75. The van der Waals surface area contributed by atoms with Gasteiger partial charge in [-0.25, -0.2) is 0 Å². The van der Waals surface area contributed by atoms with Crippen LogP contribution in [-0.4, -0.2) is 167 Å². The molecule has 7 rings (SSSR count). The molecule has 1 aromatic carbocycles. The van der Waals surface area contributed by atoms with Crippen LogP contribution < -0.4 is 5.56 Å². The molecule has 0 radical (unpaired) electrons. The van der Waals surface area contributed by atoms with Crippen molar-refractivity contribution in [2.45, 2.75) is 224 Å². The van der Waals surface area contributed by atoms with Gasteiger partial charge in [0.2, 0.25) is 0 Å². The monoisotopic (exact) mass is 1080 g/mol. The number of Topliss-reactive ketones (excluding diaryl/α,β-unsaturated/α-hetero) is 1. The highest BCUT2D eigenvalue weighted by atomic mass is 16.7. The van der Waals surface area contributed by atoms with Crippen molar-refractivity contribution in [2.24, 2.45) is 23.7 Å². The molecule has 0 spiro atoms. The molecule has 0 unspecified atom stereocenters. The lowest BCUT2D eigenvalue weighted by Crippen LogP contribution is -2.61. The summed E-state index contributed by atoms with van der Waals surface area (Å²) in [6.45, 7) is 17.2. The molecule has 6 heterocycles. The van der Waals surface area contributed by atoms with E-state index in [1.807, 2.05) is 63.0 Å². The van der Waals surface area contributed by atoms with E-state index in [1.54, 1.807) is 51.4 Å². The number of nitrogens with zero attached hydrogens (tertiary/aromatic N) is 5.